The van der Waals surface area contributed by atoms with Gasteiger partial charge in [-0.1, -0.05) is 0 Å². The Morgan fingerprint density at radius 1 is 1.06 bits per heavy atom. The molecule has 0 saturated carbocycles. The Morgan fingerprint density at radius 2 is 1.81 bits per heavy atom. The summed E-state index contributed by atoms with van der Waals surface area (Å²) in [4.78, 5) is 37.1. The van der Waals surface area contributed by atoms with Crippen LogP contribution in [-0.2, 0) is 27.2 Å². The van der Waals surface area contributed by atoms with E-state index >= 15 is 0 Å². The van der Waals surface area contributed by atoms with Crippen molar-refractivity contribution in [2.75, 3.05) is 6.54 Å². The van der Waals surface area contributed by atoms with E-state index in [2.05, 4.69) is 5.32 Å². The van der Waals surface area contributed by atoms with Crippen LogP contribution in [0.2, 0.25) is 0 Å². The van der Waals surface area contributed by atoms with E-state index in [4.69, 9.17) is 13.9 Å². The zero-order valence-corrected chi connectivity index (χ0v) is 18.3. The fraction of sp³-hybridized carbons (Fsp3) is 0.542. The molecular weight excluding hydrogens is 398 g/mol. The van der Waals surface area contributed by atoms with E-state index in [1.165, 1.54) is 0 Å². The number of hydrogen-bond donors (Lipinski definition) is 1. The molecule has 2 aromatic rings. The van der Waals surface area contributed by atoms with Crippen molar-refractivity contribution >= 4 is 22.9 Å². The van der Waals surface area contributed by atoms with Gasteiger partial charge < -0.3 is 19.2 Å². The molecule has 4 rings (SSSR count). The Kier molecular flexibility index (Phi) is 5.88. The van der Waals surface area contributed by atoms with Crippen LogP contribution in [0.5, 0.6) is 5.75 Å². The summed E-state index contributed by atoms with van der Waals surface area (Å²) in [6, 6.07) is 4.81. The van der Waals surface area contributed by atoms with Crippen molar-refractivity contribution in [2.45, 2.75) is 70.9 Å². The molecule has 1 saturated heterocycles. The van der Waals surface area contributed by atoms with Gasteiger partial charge in [0, 0.05) is 23.6 Å². The summed E-state index contributed by atoms with van der Waals surface area (Å²) in [7, 11) is 0. The average Bonchev–Trinajstić information content (AvgIpc) is 2.73. The van der Waals surface area contributed by atoms with Crippen LogP contribution in [-0.4, -0.2) is 30.1 Å². The number of carbonyl (C=O) groups is 2. The molecule has 0 radical (unpaired) electrons. The van der Waals surface area contributed by atoms with Gasteiger partial charge in [-0.3, -0.25) is 9.59 Å². The molecule has 0 amide bonds. The molecule has 0 unspecified atom stereocenters. The lowest BCUT2D eigenvalue weighted by Gasteiger charge is -2.29. The lowest BCUT2D eigenvalue weighted by Crippen LogP contribution is -2.48. The predicted molar refractivity (Wildman–Crippen MR) is 115 cm³/mol. The number of piperidine rings is 1. The summed E-state index contributed by atoms with van der Waals surface area (Å²) in [6.45, 7) is 5.83. The van der Waals surface area contributed by atoms with E-state index in [1.54, 1.807) is 12.1 Å². The highest BCUT2D eigenvalue weighted by atomic mass is 16.6. The number of nitrogens with one attached hydrogen (secondary N) is 1. The lowest BCUT2D eigenvalue weighted by molar-refractivity contribution is -0.159. The van der Waals surface area contributed by atoms with Gasteiger partial charge in [-0.15, -0.1) is 0 Å². The topological polar surface area (TPSA) is 94.8 Å². The molecule has 1 aliphatic heterocycles. The van der Waals surface area contributed by atoms with Crippen LogP contribution >= 0.6 is 0 Å². The quantitative estimate of drug-likeness (QED) is 0.456. The Morgan fingerprint density at radius 3 is 2.48 bits per heavy atom. The van der Waals surface area contributed by atoms with Crippen molar-refractivity contribution in [3.63, 3.8) is 0 Å². The smallest absolute Gasteiger partial charge is 0.339 e. The summed E-state index contributed by atoms with van der Waals surface area (Å²) in [5.41, 5.74) is 1.44. The molecule has 166 valence electrons. The highest BCUT2D eigenvalue weighted by molar-refractivity contribution is 5.84. The van der Waals surface area contributed by atoms with Crippen LogP contribution in [0, 0.1) is 5.92 Å². The summed E-state index contributed by atoms with van der Waals surface area (Å²) >= 11 is 0. The molecule has 2 atom stereocenters. The summed E-state index contributed by atoms with van der Waals surface area (Å²) in [5, 5.41) is 4.01. The molecule has 0 bridgehead atoms. The molecule has 7 nitrogen and oxygen atoms in total. The summed E-state index contributed by atoms with van der Waals surface area (Å²) in [6.07, 6.45) is 4.72. The monoisotopic (exact) mass is 427 g/mol. The minimum atomic E-state index is -0.543. The van der Waals surface area contributed by atoms with Crippen LogP contribution in [0.3, 0.4) is 0 Å². The zero-order chi connectivity index (χ0) is 22.2. The van der Waals surface area contributed by atoms with Gasteiger partial charge in [-0.05, 0) is 77.0 Å². The number of ether oxygens (including phenoxy) is 2. The van der Waals surface area contributed by atoms with E-state index in [1.807, 2.05) is 26.8 Å². The van der Waals surface area contributed by atoms with Crippen LogP contribution in [0.4, 0.5) is 0 Å². The first-order valence-corrected chi connectivity index (χ1v) is 11.0. The Hall–Kier alpha value is -2.67. The molecule has 1 fully saturated rings. The molecular formula is C24H29NO6. The van der Waals surface area contributed by atoms with Gasteiger partial charge in [-0.25, -0.2) is 4.79 Å². The first kappa shape index (κ1) is 21.6. The van der Waals surface area contributed by atoms with E-state index in [0.717, 1.165) is 42.2 Å². The lowest BCUT2D eigenvalue weighted by atomic mass is 9.91. The SMILES string of the molecule is CC(C)(C)OC(=O)[C@@H]1CC[C@@H](C(=O)Oc2ccc3c4c(c(=O)oc3c2)CCCC4)CN1. The van der Waals surface area contributed by atoms with Gasteiger partial charge >= 0.3 is 17.6 Å². The third kappa shape index (κ3) is 4.82. The van der Waals surface area contributed by atoms with Gasteiger partial charge in [0.1, 0.15) is 23.0 Å². The third-order valence-corrected chi connectivity index (χ3v) is 5.85. The maximum atomic E-state index is 12.6. The fourth-order valence-corrected chi connectivity index (χ4v) is 4.32. The van der Waals surface area contributed by atoms with Crippen molar-refractivity contribution in [3.05, 3.63) is 39.7 Å². The number of hydrogen-bond acceptors (Lipinski definition) is 7. The molecule has 1 aliphatic carbocycles. The zero-order valence-electron chi connectivity index (χ0n) is 18.3. The number of esters is 2. The standard InChI is InChI=1S/C24H29NO6/c1-24(2,3)31-23(28)19-11-8-14(13-25-19)21(26)29-15-9-10-17-16-6-4-5-7-18(16)22(27)30-20(17)12-15/h9-10,12,14,19,25H,4-8,11,13H2,1-3H3/t14-,19+/m1/s1. The minimum Gasteiger partial charge on any atom is -0.459 e. The second kappa shape index (κ2) is 8.46. The average molecular weight is 427 g/mol. The first-order valence-electron chi connectivity index (χ1n) is 11.0. The number of carbonyl (C=O) groups excluding carboxylic acids is 2. The largest absolute Gasteiger partial charge is 0.459 e. The van der Waals surface area contributed by atoms with E-state index < -0.39 is 11.6 Å². The molecule has 1 N–H and O–H groups in total. The highest BCUT2D eigenvalue weighted by Crippen LogP contribution is 2.29. The minimum absolute atomic E-state index is 0.296. The van der Waals surface area contributed by atoms with Crippen LogP contribution in [0.15, 0.2) is 27.4 Å². The van der Waals surface area contributed by atoms with Crippen LogP contribution in [0.1, 0.15) is 57.6 Å². The molecule has 2 aliphatic rings. The number of fused-ring (bicyclic) bond motifs is 3. The molecule has 7 heteroatoms. The molecule has 2 heterocycles. The predicted octanol–water partition coefficient (Wildman–Crippen LogP) is 3.29. The highest BCUT2D eigenvalue weighted by Gasteiger charge is 2.33. The maximum Gasteiger partial charge on any atom is 0.339 e. The van der Waals surface area contributed by atoms with Gasteiger partial charge in [0.05, 0.1) is 5.92 Å². The summed E-state index contributed by atoms with van der Waals surface area (Å²) in [5.74, 6) is -0.669. The van der Waals surface area contributed by atoms with Crippen molar-refractivity contribution in [2.24, 2.45) is 5.92 Å². The Bertz CT molecular complexity index is 1060. The normalized spacial score (nSPS) is 21.4. The number of benzene rings is 1. The van der Waals surface area contributed by atoms with E-state index in [-0.39, 0.29) is 23.5 Å². The van der Waals surface area contributed by atoms with Gasteiger partial charge in [-0.2, -0.15) is 0 Å². The molecule has 1 aromatic heterocycles. The maximum absolute atomic E-state index is 12.6. The fourth-order valence-electron chi connectivity index (χ4n) is 4.32. The summed E-state index contributed by atoms with van der Waals surface area (Å²) < 4.78 is 16.5. The molecule has 31 heavy (non-hydrogen) atoms. The van der Waals surface area contributed by atoms with Crippen molar-refractivity contribution in [1.82, 2.24) is 5.32 Å². The second-order valence-corrected chi connectivity index (χ2v) is 9.40. The number of rotatable bonds is 3. The molecule has 0 spiro atoms. The number of aryl methyl sites for hydroxylation is 1. The van der Waals surface area contributed by atoms with Gasteiger partial charge in [0.2, 0.25) is 0 Å². The Labute approximate surface area is 181 Å². The Balaban J connectivity index is 1.41. The third-order valence-electron chi connectivity index (χ3n) is 5.85. The van der Waals surface area contributed by atoms with Crippen molar-refractivity contribution in [1.29, 1.82) is 0 Å². The van der Waals surface area contributed by atoms with E-state index in [9.17, 15) is 14.4 Å². The second-order valence-electron chi connectivity index (χ2n) is 9.40. The van der Waals surface area contributed by atoms with Crippen LogP contribution in [0.25, 0.3) is 11.0 Å². The molecule has 1 aromatic carbocycles. The van der Waals surface area contributed by atoms with Crippen molar-refractivity contribution in [3.8, 4) is 5.75 Å². The van der Waals surface area contributed by atoms with Gasteiger partial charge in [0.25, 0.3) is 0 Å². The van der Waals surface area contributed by atoms with Gasteiger partial charge in [0.15, 0.2) is 0 Å². The first-order chi connectivity index (χ1) is 14.7. The van der Waals surface area contributed by atoms with Crippen molar-refractivity contribution < 1.29 is 23.5 Å². The van der Waals surface area contributed by atoms with E-state index in [0.29, 0.717) is 30.7 Å². The van der Waals surface area contributed by atoms with Crippen LogP contribution < -0.4 is 15.7 Å².